The highest BCUT2D eigenvalue weighted by Crippen LogP contribution is 2.37. The molecule has 2 saturated heterocycles. The van der Waals surface area contributed by atoms with E-state index in [9.17, 15) is 14.0 Å². The highest BCUT2D eigenvalue weighted by Gasteiger charge is 2.43. The molecule has 0 spiro atoms. The number of amides is 2. The van der Waals surface area contributed by atoms with Crippen LogP contribution in [0, 0.1) is 37.4 Å². The zero-order valence-electron chi connectivity index (χ0n) is 24.2. The first-order valence-electron chi connectivity index (χ1n) is 14.8. The first-order valence-corrected chi connectivity index (χ1v) is 15.2. The number of nitrogens with zero attached hydrogens (tertiary/aromatic N) is 1. The van der Waals surface area contributed by atoms with Gasteiger partial charge in [-0.1, -0.05) is 53.6 Å². The van der Waals surface area contributed by atoms with E-state index in [0.717, 1.165) is 37.9 Å². The first kappa shape index (κ1) is 29.5. The molecule has 0 radical (unpaired) electrons. The Balaban J connectivity index is 1.40. The molecular weight excluding hydrogens is 539 g/mol. The van der Waals surface area contributed by atoms with Crippen molar-refractivity contribution in [1.29, 1.82) is 0 Å². The third kappa shape index (κ3) is 6.76. The van der Waals surface area contributed by atoms with Crippen LogP contribution < -0.4 is 5.32 Å². The Hall–Kier alpha value is -2.96. The number of benzene rings is 2. The summed E-state index contributed by atoms with van der Waals surface area (Å²) in [5.41, 5.74) is 3.55. The van der Waals surface area contributed by atoms with Gasteiger partial charge in [-0.3, -0.25) is 9.59 Å². The summed E-state index contributed by atoms with van der Waals surface area (Å²) in [6, 6.07) is 9.79. The number of carbonyl (C=O) groups excluding carboxylic acids is 2. The van der Waals surface area contributed by atoms with Crippen molar-refractivity contribution in [1.82, 2.24) is 4.90 Å². The van der Waals surface area contributed by atoms with Crippen LogP contribution in [0.3, 0.4) is 0 Å². The number of carbonyl (C=O) groups is 2. The molecule has 2 aromatic rings. The van der Waals surface area contributed by atoms with E-state index in [0.29, 0.717) is 47.7 Å². The first-order chi connectivity index (χ1) is 19.7. The molecule has 7 heteroatoms. The molecule has 41 heavy (non-hydrogen) atoms. The molecular formula is C34H40ClFN2O3. The van der Waals surface area contributed by atoms with E-state index in [4.69, 9.17) is 16.3 Å². The SMILES string of the molecule is Cc1ccc(NC(=O)[C@H]2CCCN(C(=O)c3c(C)cccc3F)[C@H]2C2C=CC(CC3CCO[C@@H](C)C3)=CC2)cc1Cl. The summed E-state index contributed by atoms with van der Waals surface area (Å²) >= 11 is 6.32. The predicted octanol–water partition coefficient (Wildman–Crippen LogP) is 7.66. The Morgan fingerprint density at radius 3 is 2.68 bits per heavy atom. The summed E-state index contributed by atoms with van der Waals surface area (Å²) in [5, 5.41) is 3.64. The number of allylic oxidation sites excluding steroid dienone is 3. The lowest BCUT2D eigenvalue weighted by Gasteiger charge is -2.44. The fourth-order valence-corrected chi connectivity index (χ4v) is 6.90. The normalized spacial score (nSPS) is 26.4. The second-order valence-corrected chi connectivity index (χ2v) is 12.3. The van der Waals surface area contributed by atoms with Crippen molar-refractivity contribution in [3.05, 3.63) is 87.7 Å². The van der Waals surface area contributed by atoms with Crippen molar-refractivity contribution >= 4 is 29.1 Å². The third-order valence-electron chi connectivity index (χ3n) is 8.93. The highest BCUT2D eigenvalue weighted by atomic mass is 35.5. The van der Waals surface area contributed by atoms with E-state index < -0.39 is 17.8 Å². The van der Waals surface area contributed by atoms with E-state index >= 15 is 0 Å². The fraction of sp³-hybridized carbons (Fsp3) is 0.471. The molecule has 3 aliphatic rings. The molecule has 5 nitrogen and oxygen atoms in total. The molecule has 5 atom stereocenters. The predicted molar refractivity (Wildman–Crippen MR) is 162 cm³/mol. The minimum atomic E-state index is -0.526. The quantitative estimate of drug-likeness (QED) is 0.383. The number of likely N-dealkylation sites (tertiary alicyclic amines) is 1. The lowest BCUT2D eigenvalue weighted by Crippen LogP contribution is -2.55. The Bertz CT molecular complexity index is 1340. The number of hydrogen-bond acceptors (Lipinski definition) is 3. The Morgan fingerprint density at radius 1 is 1.15 bits per heavy atom. The Labute approximate surface area is 247 Å². The topological polar surface area (TPSA) is 58.6 Å². The van der Waals surface area contributed by atoms with Crippen LogP contribution in [0.15, 0.2) is 60.2 Å². The molecule has 5 rings (SSSR count). The van der Waals surface area contributed by atoms with E-state index in [1.807, 2.05) is 19.1 Å². The number of aryl methyl sites for hydroxylation is 2. The summed E-state index contributed by atoms with van der Waals surface area (Å²) in [5.74, 6) is -0.913. The highest BCUT2D eigenvalue weighted by molar-refractivity contribution is 6.31. The van der Waals surface area contributed by atoms with Crippen molar-refractivity contribution in [2.24, 2.45) is 17.8 Å². The van der Waals surface area contributed by atoms with Crippen molar-refractivity contribution in [2.75, 3.05) is 18.5 Å². The molecule has 1 aliphatic carbocycles. The molecule has 2 unspecified atom stereocenters. The number of anilines is 1. The van der Waals surface area contributed by atoms with E-state index in [1.165, 1.54) is 11.6 Å². The van der Waals surface area contributed by atoms with Gasteiger partial charge >= 0.3 is 0 Å². The Morgan fingerprint density at radius 2 is 1.98 bits per heavy atom. The van der Waals surface area contributed by atoms with Gasteiger partial charge in [0.05, 0.1) is 23.6 Å². The van der Waals surface area contributed by atoms with Crippen LogP contribution in [0.1, 0.15) is 66.9 Å². The Kier molecular flexibility index (Phi) is 9.30. The summed E-state index contributed by atoms with van der Waals surface area (Å²) in [6.45, 7) is 7.10. The van der Waals surface area contributed by atoms with E-state index in [2.05, 4.69) is 30.5 Å². The second kappa shape index (κ2) is 12.9. The summed E-state index contributed by atoms with van der Waals surface area (Å²) in [4.78, 5) is 29.5. The maximum atomic E-state index is 15.0. The molecule has 0 bridgehead atoms. The number of hydrogen-bond donors (Lipinski definition) is 1. The number of rotatable bonds is 6. The van der Waals surface area contributed by atoms with Gasteiger partial charge in [0.1, 0.15) is 5.82 Å². The van der Waals surface area contributed by atoms with Gasteiger partial charge in [-0.2, -0.15) is 0 Å². The maximum absolute atomic E-state index is 15.0. The molecule has 0 saturated carbocycles. The van der Waals surface area contributed by atoms with E-state index in [-0.39, 0.29) is 23.3 Å². The van der Waals surface area contributed by atoms with Gasteiger partial charge in [0.25, 0.3) is 5.91 Å². The lowest BCUT2D eigenvalue weighted by atomic mass is 9.76. The molecule has 2 fully saturated rings. The fourth-order valence-electron chi connectivity index (χ4n) is 6.72. The molecule has 0 aromatic heterocycles. The minimum Gasteiger partial charge on any atom is -0.378 e. The van der Waals surface area contributed by atoms with Gasteiger partial charge in [-0.05, 0) is 94.5 Å². The molecule has 2 amide bonds. The van der Waals surface area contributed by atoms with Gasteiger partial charge < -0.3 is 15.0 Å². The largest absolute Gasteiger partial charge is 0.378 e. The van der Waals surface area contributed by atoms with Crippen LogP contribution >= 0.6 is 11.6 Å². The van der Waals surface area contributed by atoms with Gasteiger partial charge in [-0.25, -0.2) is 4.39 Å². The van der Waals surface area contributed by atoms with Crippen molar-refractivity contribution in [2.45, 2.75) is 71.4 Å². The van der Waals surface area contributed by atoms with Gasteiger partial charge in [0.2, 0.25) is 5.91 Å². The van der Waals surface area contributed by atoms with Crippen LogP contribution in [-0.4, -0.2) is 42.0 Å². The number of halogens is 2. The van der Waals surface area contributed by atoms with Crippen molar-refractivity contribution in [3.63, 3.8) is 0 Å². The summed E-state index contributed by atoms with van der Waals surface area (Å²) < 4.78 is 20.7. The minimum absolute atomic E-state index is 0.0546. The van der Waals surface area contributed by atoms with Crippen LogP contribution in [0.4, 0.5) is 10.1 Å². The van der Waals surface area contributed by atoms with Gasteiger partial charge in [0, 0.05) is 29.8 Å². The molecule has 1 N–H and O–H groups in total. The monoisotopic (exact) mass is 578 g/mol. The van der Waals surface area contributed by atoms with E-state index in [1.54, 1.807) is 30.0 Å². The van der Waals surface area contributed by atoms with Crippen molar-refractivity contribution in [3.8, 4) is 0 Å². The van der Waals surface area contributed by atoms with Crippen LogP contribution in [0.5, 0.6) is 0 Å². The third-order valence-corrected chi connectivity index (χ3v) is 9.33. The smallest absolute Gasteiger partial charge is 0.257 e. The zero-order valence-corrected chi connectivity index (χ0v) is 24.9. The second-order valence-electron chi connectivity index (χ2n) is 11.9. The number of nitrogens with one attached hydrogen (secondary N) is 1. The standard InChI is InChI=1S/C34H40ClFN2O3/c1-21-9-14-27(20-29(21)35)37-33(39)28-7-5-16-38(34(40)31-22(2)6-4-8-30(31)36)32(28)26-12-10-24(11-13-26)19-25-15-17-41-23(3)18-25/h4,6,8-12,14,20,23,25-26,28,32H,5,7,13,15-19H2,1-3H3,(H,37,39)/t23-,25?,26?,28-,32-/m0/s1. The summed E-state index contributed by atoms with van der Waals surface area (Å²) in [7, 11) is 0. The van der Waals surface area contributed by atoms with Gasteiger partial charge in [-0.15, -0.1) is 0 Å². The van der Waals surface area contributed by atoms with Crippen LogP contribution in [0.25, 0.3) is 0 Å². The summed E-state index contributed by atoms with van der Waals surface area (Å²) in [6.07, 6.45) is 12.1. The van der Waals surface area contributed by atoms with Gasteiger partial charge in [0.15, 0.2) is 0 Å². The maximum Gasteiger partial charge on any atom is 0.257 e. The molecule has 2 aromatic carbocycles. The van der Waals surface area contributed by atoms with Crippen LogP contribution in [-0.2, 0) is 9.53 Å². The van der Waals surface area contributed by atoms with Crippen LogP contribution in [0.2, 0.25) is 5.02 Å². The van der Waals surface area contributed by atoms with Crippen molar-refractivity contribution < 1.29 is 18.7 Å². The average Bonchev–Trinajstić information content (AvgIpc) is 2.95. The molecule has 2 heterocycles. The number of ether oxygens (including phenoxy) is 1. The number of piperidine rings is 1. The lowest BCUT2D eigenvalue weighted by molar-refractivity contribution is -0.123. The average molecular weight is 579 g/mol. The zero-order chi connectivity index (χ0) is 29.1. The molecule has 218 valence electrons. The molecule has 2 aliphatic heterocycles.